The molecule has 1 aromatic carbocycles. The number of nitrogens with zero attached hydrogens (tertiary/aromatic N) is 3. The van der Waals surface area contributed by atoms with Crippen molar-refractivity contribution < 1.29 is 13.2 Å². The third-order valence-electron chi connectivity index (χ3n) is 4.04. The number of benzene rings is 1. The molecule has 0 aliphatic carbocycles. The van der Waals surface area contributed by atoms with Gasteiger partial charge in [-0.3, -0.25) is 4.99 Å². The summed E-state index contributed by atoms with van der Waals surface area (Å²) in [5.41, 5.74) is 6.70. The number of nitrogens with one attached hydrogen (secondary N) is 1. The normalized spacial score (nSPS) is 17.4. The van der Waals surface area contributed by atoms with Crippen molar-refractivity contribution in [3.05, 3.63) is 47.8 Å². The number of nitrogens with two attached hydrogens (primary N) is 1. The Labute approximate surface area is 143 Å². The highest BCUT2D eigenvalue weighted by atomic mass is 19.4. The Morgan fingerprint density at radius 3 is 2.36 bits per heavy atom. The standard InChI is InChI=1S/C17H18F3N5/c18-17(19,20)12-9-22-16(23-10-12)25-14-5-2-11(3-6-14)1-4-13-7-8-15(21)24-13/h2-3,5-6,9-10,13H,1,4,7-8H2,(H2,21,24)(H,22,23,25)/t13-/m0/s1. The molecule has 5 nitrogen and oxygen atoms in total. The number of rotatable bonds is 5. The van der Waals surface area contributed by atoms with Crippen LogP contribution in [0, 0.1) is 0 Å². The van der Waals surface area contributed by atoms with Crippen LogP contribution < -0.4 is 11.1 Å². The molecule has 1 aliphatic rings. The van der Waals surface area contributed by atoms with Crippen LogP contribution in [0.1, 0.15) is 30.4 Å². The van der Waals surface area contributed by atoms with Crippen LogP contribution in [-0.4, -0.2) is 21.8 Å². The van der Waals surface area contributed by atoms with Gasteiger partial charge in [0.05, 0.1) is 17.4 Å². The van der Waals surface area contributed by atoms with Crippen LogP contribution in [0.5, 0.6) is 0 Å². The van der Waals surface area contributed by atoms with Gasteiger partial charge in [0.2, 0.25) is 5.95 Å². The Hall–Kier alpha value is -2.64. The highest BCUT2D eigenvalue weighted by Gasteiger charge is 2.31. The smallest absolute Gasteiger partial charge is 0.387 e. The van der Waals surface area contributed by atoms with Crippen LogP contribution >= 0.6 is 0 Å². The van der Waals surface area contributed by atoms with E-state index in [1.807, 2.05) is 24.3 Å². The van der Waals surface area contributed by atoms with Gasteiger partial charge in [0.1, 0.15) is 0 Å². The third-order valence-corrected chi connectivity index (χ3v) is 4.04. The fourth-order valence-corrected chi connectivity index (χ4v) is 2.64. The largest absolute Gasteiger partial charge is 0.419 e. The zero-order chi connectivity index (χ0) is 17.9. The van der Waals surface area contributed by atoms with Crippen LogP contribution in [-0.2, 0) is 12.6 Å². The van der Waals surface area contributed by atoms with Crippen LogP contribution in [0.25, 0.3) is 0 Å². The zero-order valence-electron chi connectivity index (χ0n) is 13.4. The molecular formula is C17H18F3N5. The molecule has 1 aromatic heterocycles. The summed E-state index contributed by atoms with van der Waals surface area (Å²) in [6.45, 7) is 0. The van der Waals surface area contributed by atoms with Crippen molar-refractivity contribution in [2.24, 2.45) is 10.7 Å². The second-order valence-corrected chi connectivity index (χ2v) is 5.97. The second-order valence-electron chi connectivity index (χ2n) is 5.97. The van der Waals surface area contributed by atoms with Crippen molar-refractivity contribution in [3.63, 3.8) is 0 Å². The average Bonchev–Trinajstić information content (AvgIpc) is 2.99. The number of alkyl halides is 3. The van der Waals surface area contributed by atoms with E-state index in [0.29, 0.717) is 11.7 Å². The van der Waals surface area contributed by atoms with Crippen molar-refractivity contribution in [1.29, 1.82) is 0 Å². The highest BCUT2D eigenvalue weighted by molar-refractivity contribution is 5.82. The third kappa shape index (κ3) is 4.68. The topological polar surface area (TPSA) is 76.2 Å². The maximum absolute atomic E-state index is 12.5. The number of aromatic nitrogens is 2. The number of anilines is 2. The SMILES string of the molecule is NC1=N[C@@H](CCc2ccc(Nc3ncc(C(F)(F)F)cn3)cc2)CC1. The number of aryl methyl sites for hydroxylation is 1. The van der Waals surface area contributed by atoms with Gasteiger partial charge in [-0.1, -0.05) is 12.1 Å². The number of aliphatic imine (C=N–C) groups is 1. The van der Waals surface area contributed by atoms with E-state index in [1.54, 1.807) is 0 Å². The van der Waals surface area contributed by atoms with Crippen LogP contribution in [0.15, 0.2) is 41.7 Å². The molecule has 3 N–H and O–H groups in total. The highest BCUT2D eigenvalue weighted by Crippen LogP contribution is 2.28. The summed E-state index contributed by atoms with van der Waals surface area (Å²) in [5.74, 6) is 0.859. The molecule has 8 heteroatoms. The van der Waals surface area contributed by atoms with Gasteiger partial charge in [0, 0.05) is 24.5 Å². The van der Waals surface area contributed by atoms with E-state index in [9.17, 15) is 13.2 Å². The maximum atomic E-state index is 12.5. The quantitative estimate of drug-likeness (QED) is 0.863. The molecule has 0 bridgehead atoms. The molecule has 0 saturated heterocycles. The fourth-order valence-electron chi connectivity index (χ4n) is 2.64. The molecule has 0 fully saturated rings. The van der Waals surface area contributed by atoms with Gasteiger partial charge in [-0.15, -0.1) is 0 Å². The van der Waals surface area contributed by atoms with Crippen molar-refractivity contribution in [2.75, 3.05) is 5.32 Å². The molecule has 3 rings (SSSR count). The lowest BCUT2D eigenvalue weighted by atomic mass is 10.0. The first-order valence-corrected chi connectivity index (χ1v) is 7.97. The Morgan fingerprint density at radius 2 is 1.80 bits per heavy atom. The Kier molecular flexibility index (Phi) is 4.87. The molecule has 0 amide bonds. The molecule has 25 heavy (non-hydrogen) atoms. The Balaban J connectivity index is 1.55. The van der Waals surface area contributed by atoms with E-state index in [-0.39, 0.29) is 5.95 Å². The monoisotopic (exact) mass is 349 g/mol. The molecule has 0 spiro atoms. The number of hydrogen-bond acceptors (Lipinski definition) is 5. The summed E-state index contributed by atoms with van der Waals surface area (Å²) in [6.07, 6.45) is 0.828. The van der Waals surface area contributed by atoms with E-state index >= 15 is 0 Å². The lowest BCUT2D eigenvalue weighted by Gasteiger charge is -2.09. The summed E-state index contributed by atoms with van der Waals surface area (Å²) >= 11 is 0. The number of halogens is 3. The van der Waals surface area contributed by atoms with Crippen LogP contribution in [0.4, 0.5) is 24.8 Å². The predicted molar refractivity (Wildman–Crippen MR) is 89.7 cm³/mol. The molecule has 1 atom stereocenters. The molecular weight excluding hydrogens is 331 g/mol. The molecule has 0 radical (unpaired) electrons. The van der Waals surface area contributed by atoms with E-state index in [4.69, 9.17) is 5.73 Å². The van der Waals surface area contributed by atoms with Gasteiger partial charge in [-0.05, 0) is 37.0 Å². The minimum absolute atomic E-state index is 0.122. The first kappa shape index (κ1) is 17.2. The van der Waals surface area contributed by atoms with Crippen LogP contribution in [0.3, 0.4) is 0 Å². The van der Waals surface area contributed by atoms with Crippen molar-refractivity contribution in [3.8, 4) is 0 Å². The molecule has 132 valence electrons. The minimum atomic E-state index is -4.44. The number of amidine groups is 1. The van der Waals surface area contributed by atoms with E-state index < -0.39 is 11.7 Å². The average molecular weight is 349 g/mol. The summed E-state index contributed by atoms with van der Waals surface area (Å²) in [6, 6.07) is 7.94. The van der Waals surface area contributed by atoms with Crippen molar-refractivity contribution >= 4 is 17.5 Å². The van der Waals surface area contributed by atoms with E-state index in [2.05, 4.69) is 20.3 Å². The lowest BCUT2D eigenvalue weighted by molar-refractivity contribution is -0.138. The molecule has 0 saturated carbocycles. The first-order valence-electron chi connectivity index (χ1n) is 7.97. The fraction of sp³-hybridized carbons (Fsp3) is 0.353. The van der Waals surface area contributed by atoms with Crippen molar-refractivity contribution in [1.82, 2.24) is 9.97 Å². The maximum Gasteiger partial charge on any atom is 0.419 e. The van der Waals surface area contributed by atoms with Gasteiger partial charge in [-0.25, -0.2) is 9.97 Å². The summed E-state index contributed by atoms with van der Waals surface area (Å²) < 4.78 is 37.4. The summed E-state index contributed by atoms with van der Waals surface area (Å²) in [5, 5.41) is 2.88. The van der Waals surface area contributed by atoms with Gasteiger partial charge in [0.25, 0.3) is 0 Å². The molecule has 1 aliphatic heterocycles. The first-order chi connectivity index (χ1) is 11.9. The van der Waals surface area contributed by atoms with Crippen molar-refractivity contribution in [2.45, 2.75) is 37.9 Å². The van der Waals surface area contributed by atoms with Gasteiger partial charge in [-0.2, -0.15) is 13.2 Å². The molecule has 2 heterocycles. The Morgan fingerprint density at radius 1 is 1.12 bits per heavy atom. The summed E-state index contributed by atoms with van der Waals surface area (Å²) in [4.78, 5) is 11.8. The van der Waals surface area contributed by atoms with Gasteiger partial charge >= 0.3 is 6.18 Å². The van der Waals surface area contributed by atoms with E-state index in [1.165, 1.54) is 5.56 Å². The Bertz CT molecular complexity index is 738. The molecule has 2 aromatic rings. The lowest BCUT2D eigenvalue weighted by Crippen LogP contribution is -2.07. The minimum Gasteiger partial charge on any atom is -0.387 e. The molecule has 0 unspecified atom stereocenters. The van der Waals surface area contributed by atoms with Crippen LogP contribution in [0.2, 0.25) is 0 Å². The van der Waals surface area contributed by atoms with Gasteiger partial charge < -0.3 is 11.1 Å². The number of hydrogen-bond donors (Lipinski definition) is 2. The van der Waals surface area contributed by atoms with E-state index in [0.717, 1.165) is 43.9 Å². The zero-order valence-corrected chi connectivity index (χ0v) is 13.4. The predicted octanol–water partition coefficient (Wildman–Crippen LogP) is 3.69. The van der Waals surface area contributed by atoms with Gasteiger partial charge in [0.15, 0.2) is 0 Å². The second kappa shape index (κ2) is 7.08. The summed E-state index contributed by atoms with van der Waals surface area (Å²) in [7, 11) is 0.